The van der Waals surface area contributed by atoms with Crippen molar-refractivity contribution in [1.82, 2.24) is 4.90 Å². The van der Waals surface area contributed by atoms with Crippen LogP contribution in [0.2, 0.25) is 0 Å². The van der Waals surface area contributed by atoms with Crippen LogP contribution in [0.3, 0.4) is 0 Å². The molecule has 1 fully saturated rings. The highest BCUT2D eigenvalue weighted by atomic mass is 32.2. The van der Waals surface area contributed by atoms with E-state index in [1.165, 1.54) is 40.9 Å². The van der Waals surface area contributed by atoms with Crippen LogP contribution >= 0.6 is 35.3 Å². The number of thioether (sulfide) groups is 1. The Balaban J connectivity index is 1.50. The van der Waals surface area contributed by atoms with Gasteiger partial charge in [-0.2, -0.15) is 0 Å². The van der Waals surface area contributed by atoms with Gasteiger partial charge in [0.2, 0.25) is 5.91 Å². The van der Waals surface area contributed by atoms with Crippen molar-refractivity contribution in [2.24, 2.45) is 0 Å². The number of thiocarbonyl (C=S) groups is 1. The van der Waals surface area contributed by atoms with E-state index in [0.717, 1.165) is 4.88 Å². The summed E-state index contributed by atoms with van der Waals surface area (Å²) >= 11 is 8.12. The molecule has 0 radical (unpaired) electrons. The van der Waals surface area contributed by atoms with E-state index < -0.39 is 0 Å². The molecular weight excluding hydrogens is 391 g/mol. The molecule has 1 aromatic carbocycles. The summed E-state index contributed by atoms with van der Waals surface area (Å²) < 4.78 is 13.4. The number of amides is 2. The monoisotopic (exact) mass is 406 g/mol. The third kappa shape index (κ3) is 4.78. The van der Waals surface area contributed by atoms with Crippen molar-refractivity contribution in [3.8, 4) is 0 Å². The molecule has 2 heterocycles. The van der Waals surface area contributed by atoms with E-state index in [4.69, 9.17) is 12.2 Å². The Hall–Kier alpha value is -2.03. The van der Waals surface area contributed by atoms with E-state index in [1.807, 2.05) is 23.6 Å². The topological polar surface area (TPSA) is 49.4 Å². The lowest BCUT2D eigenvalue weighted by Crippen LogP contribution is -2.29. The van der Waals surface area contributed by atoms with Gasteiger partial charge in [0.05, 0.1) is 4.91 Å². The first-order valence-electron chi connectivity index (χ1n) is 7.87. The largest absolute Gasteiger partial charge is 0.326 e. The Morgan fingerprint density at radius 2 is 2.04 bits per heavy atom. The zero-order valence-electron chi connectivity index (χ0n) is 13.6. The number of nitrogens with zero attached hydrogens (tertiary/aromatic N) is 1. The van der Waals surface area contributed by atoms with E-state index in [-0.39, 0.29) is 24.1 Å². The Labute approximate surface area is 164 Å². The molecule has 1 aliphatic rings. The molecule has 1 N–H and O–H groups in total. The minimum absolute atomic E-state index is 0.118. The maximum Gasteiger partial charge on any atom is 0.266 e. The Bertz CT molecular complexity index is 848. The minimum Gasteiger partial charge on any atom is -0.326 e. The molecule has 0 aliphatic carbocycles. The number of hydrogen-bond acceptors (Lipinski definition) is 5. The van der Waals surface area contributed by atoms with Crippen LogP contribution in [-0.4, -0.2) is 27.6 Å². The zero-order valence-corrected chi connectivity index (χ0v) is 16.1. The SMILES string of the molecule is O=C(CCCN1C(=O)C(=Cc2cccs2)SC1=S)Nc1ccc(F)cc1. The average Bonchev–Trinajstić information content (AvgIpc) is 3.21. The van der Waals surface area contributed by atoms with Gasteiger partial charge in [-0.05, 0) is 48.2 Å². The molecule has 1 aromatic heterocycles. The molecule has 0 unspecified atom stereocenters. The second-order valence-corrected chi connectivity index (χ2v) is 8.16. The number of thiophene rings is 1. The molecule has 2 amide bonds. The van der Waals surface area contributed by atoms with E-state index in [2.05, 4.69) is 5.32 Å². The van der Waals surface area contributed by atoms with Crippen LogP contribution in [0, 0.1) is 5.82 Å². The van der Waals surface area contributed by atoms with E-state index in [9.17, 15) is 14.0 Å². The van der Waals surface area contributed by atoms with Crippen LogP contribution in [0.5, 0.6) is 0 Å². The normalized spacial score (nSPS) is 15.7. The summed E-state index contributed by atoms with van der Waals surface area (Å²) in [5, 5.41) is 4.65. The number of carbonyl (C=O) groups is 2. The maximum atomic E-state index is 12.9. The maximum absolute atomic E-state index is 12.9. The zero-order chi connectivity index (χ0) is 18.5. The summed E-state index contributed by atoms with van der Waals surface area (Å²) in [6.07, 6.45) is 2.58. The number of nitrogens with one attached hydrogen (secondary N) is 1. The van der Waals surface area contributed by atoms with Gasteiger partial charge >= 0.3 is 0 Å². The van der Waals surface area contributed by atoms with Gasteiger partial charge in [-0.3, -0.25) is 14.5 Å². The number of rotatable bonds is 6. The third-order valence-electron chi connectivity index (χ3n) is 3.60. The number of anilines is 1. The number of carbonyl (C=O) groups excluding carboxylic acids is 2. The first-order valence-corrected chi connectivity index (χ1v) is 9.97. The van der Waals surface area contributed by atoms with Crippen molar-refractivity contribution in [2.45, 2.75) is 12.8 Å². The summed E-state index contributed by atoms with van der Waals surface area (Å²) in [4.78, 5) is 27.6. The van der Waals surface area contributed by atoms with Crippen LogP contribution in [0.1, 0.15) is 17.7 Å². The summed E-state index contributed by atoms with van der Waals surface area (Å²) in [7, 11) is 0. The number of hydrogen-bond donors (Lipinski definition) is 1. The lowest BCUT2D eigenvalue weighted by molar-refractivity contribution is -0.122. The molecule has 1 saturated heterocycles. The van der Waals surface area contributed by atoms with Crippen LogP contribution < -0.4 is 5.32 Å². The van der Waals surface area contributed by atoms with Gasteiger partial charge in [-0.1, -0.05) is 30.0 Å². The van der Waals surface area contributed by atoms with Crippen molar-refractivity contribution in [1.29, 1.82) is 0 Å². The standard InChI is InChI=1S/C18H15FN2O2S3/c19-12-5-7-13(8-6-12)20-16(22)4-1-9-21-17(23)15(26-18(21)24)11-14-3-2-10-25-14/h2-3,5-8,10-11H,1,4,9H2,(H,20,22). The van der Waals surface area contributed by atoms with Crippen molar-refractivity contribution >= 4 is 63.2 Å². The second kappa shape index (κ2) is 8.57. The van der Waals surface area contributed by atoms with Gasteiger partial charge in [0, 0.05) is 23.5 Å². The number of benzene rings is 1. The van der Waals surface area contributed by atoms with E-state index >= 15 is 0 Å². The van der Waals surface area contributed by atoms with Crippen molar-refractivity contribution < 1.29 is 14.0 Å². The van der Waals surface area contributed by atoms with E-state index in [1.54, 1.807) is 11.3 Å². The van der Waals surface area contributed by atoms with Crippen molar-refractivity contribution in [2.75, 3.05) is 11.9 Å². The smallest absolute Gasteiger partial charge is 0.266 e. The summed E-state index contributed by atoms with van der Waals surface area (Å²) in [6.45, 7) is 0.392. The fourth-order valence-electron chi connectivity index (χ4n) is 2.35. The quantitative estimate of drug-likeness (QED) is 0.567. The van der Waals surface area contributed by atoms with Gasteiger partial charge in [0.15, 0.2) is 0 Å². The van der Waals surface area contributed by atoms with Crippen LogP contribution in [-0.2, 0) is 9.59 Å². The molecule has 0 saturated carbocycles. The summed E-state index contributed by atoms with van der Waals surface area (Å²) in [5.41, 5.74) is 0.542. The Morgan fingerprint density at radius 3 is 2.73 bits per heavy atom. The minimum atomic E-state index is -0.354. The highest BCUT2D eigenvalue weighted by Crippen LogP contribution is 2.33. The van der Waals surface area contributed by atoms with Crippen LogP contribution in [0.4, 0.5) is 10.1 Å². The average molecular weight is 407 g/mol. The Morgan fingerprint density at radius 1 is 1.27 bits per heavy atom. The van der Waals surface area contributed by atoms with Gasteiger partial charge in [0.1, 0.15) is 10.1 Å². The summed E-state index contributed by atoms with van der Waals surface area (Å²) in [6, 6.07) is 9.45. The Kier molecular flexibility index (Phi) is 6.18. The molecule has 2 aromatic rings. The molecule has 8 heteroatoms. The van der Waals surface area contributed by atoms with Crippen LogP contribution in [0.25, 0.3) is 6.08 Å². The van der Waals surface area contributed by atoms with Crippen molar-refractivity contribution in [3.63, 3.8) is 0 Å². The van der Waals surface area contributed by atoms with Gasteiger partial charge < -0.3 is 5.32 Å². The third-order valence-corrected chi connectivity index (χ3v) is 5.80. The first-order chi connectivity index (χ1) is 12.5. The van der Waals surface area contributed by atoms with Crippen molar-refractivity contribution in [3.05, 3.63) is 57.4 Å². The summed E-state index contributed by atoms with van der Waals surface area (Å²) in [5.74, 6) is -0.656. The molecule has 4 nitrogen and oxygen atoms in total. The lowest BCUT2D eigenvalue weighted by Gasteiger charge is -2.14. The predicted molar refractivity (Wildman–Crippen MR) is 108 cm³/mol. The van der Waals surface area contributed by atoms with Gasteiger partial charge in [-0.15, -0.1) is 11.3 Å². The molecule has 3 rings (SSSR count). The fraction of sp³-hybridized carbons (Fsp3) is 0.167. The first kappa shape index (κ1) is 18.8. The van der Waals surface area contributed by atoms with Crippen LogP contribution in [0.15, 0.2) is 46.7 Å². The molecule has 26 heavy (non-hydrogen) atoms. The molecule has 0 spiro atoms. The fourth-order valence-corrected chi connectivity index (χ4v) is 4.38. The molecule has 0 atom stereocenters. The van der Waals surface area contributed by atoms with Gasteiger partial charge in [0.25, 0.3) is 5.91 Å². The molecule has 1 aliphatic heterocycles. The lowest BCUT2D eigenvalue weighted by atomic mass is 10.2. The molecule has 0 bridgehead atoms. The second-order valence-electron chi connectivity index (χ2n) is 5.51. The molecule has 134 valence electrons. The number of halogens is 1. The van der Waals surface area contributed by atoms with E-state index in [0.29, 0.717) is 27.9 Å². The molecular formula is C18H15FN2O2S3. The van der Waals surface area contributed by atoms with Gasteiger partial charge in [-0.25, -0.2) is 4.39 Å². The predicted octanol–water partition coefficient (Wildman–Crippen LogP) is 4.51. The highest BCUT2D eigenvalue weighted by molar-refractivity contribution is 8.26. The highest BCUT2D eigenvalue weighted by Gasteiger charge is 2.31.